The summed E-state index contributed by atoms with van der Waals surface area (Å²) in [5.41, 5.74) is 1.88. The monoisotopic (exact) mass is 326 g/mol. The fourth-order valence-corrected chi connectivity index (χ4v) is 2.69. The molecule has 23 heavy (non-hydrogen) atoms. The van der Waals surface area contributed by atoms with Crippen molar-refractivity contribution in [3.8, 4) is 11.5 Å². The molecule has 2 aromatic rings. The van der Waals surface area contributed by atoms with Crippen molar-refractivity contribution in [2.24, 2.45) is 0 Å². The van der Waals surface area contributed by atoms with Crippen LogP contribution in [0.1, 0.15) is 0 Å². The Balaban J connectivity index is 0.000000485. The van der Waals surface area contributed by atoms with Gasteiger partial charge in [-0.05, 0) is 18.2 Å². The minimum Gasteiger partial charge on any atom is -0.453 e. The first-order chi connectivity index (χ1) is 11.2. The summed E-state index contributed by atoms with van der Waals surface area (Å²) in [5, 5.41) is 15.7. The minimum absolute atomic E-state index is 0. The molecule has 2 N–H and O–H groups in total. The molecule has 0 bridgehead atoms. The van der Waals surface area contributed by atoms with Crippen LogP contribution in [0.25, 0.3) is 33.3 Å². The summed E-state index contributed by atoms with van der Waals surface area (Å²) in [7, 11) is 0. The van der Waals surface area contributed by atoms with Crippen LogP contribution in [0.4, 0.5) is 0 Å². The quantitative estimate of drug-likeness (QED) is 0.295. The number of fused-ring (bicyclic) bond motifs is 4. The van der Waals surface area contributed by atoms with Crippen LogP contribution in [0.2, 0.25) is 5.02 Å². The maximum atomic E-state index is 12.1. The maximum absolute atomic E-state index is 12.1. The lowest BCUT2D eigenvalue weighted by Gasteiger charge is -2.10. The number of hydrogen-bond donors (Lipinski definition) is 2. The van der Waals surface area contributed by atoms with Crippen molar-refractivity contribution in [2.45, 2.75) is 0 Å². The van der Waals surface area contributed by atoms with Crippen molar-refractivity contribution in [2.75, 3.05) is 0 Å². The van der Waals surface area contributed by atoms with E-state index in [1.165, 1.54) is 6.07 Å². The average molecular weight is 327 g/mol. The van der Waals surface area contributed by atoms with Gasteiger partial charge in [0.05, 0.1) is 5.02 Å². The summed E-state index contributed by atoms with van der Waals surface area (Å²) in [6, 6.07) is 14.2. The Labute approximate surface area is 136 Å². The number of hydrogen-bond acceptors (Lipinski definition) is 5. The maximum Gasteiger partial charge on any atom is 0.482 e. The smallest absolute Gasteiger partial charge is 0.453 e. The van der Waals surface area contributed by atoms with Gasteiger partial charge < -0.3 is 14.5 Å². The van der Waals surface area contributed by atoms with E-state index in [1.807, 2.05) is 24.3 Å². The van der Waals surface area contributed by atoms with Crippen LogP contribution >= 0.6 is 11.6 Å². The highest BCUT2D eigenvalue weighted by Gasteiger charge is 2.17. The third-order valence-electron chi connectivity index (χ3n) is 3.33. The van der Waals surface area contributed by atoms with Gasteiger partial charge in [0.25, 0.3) is 0 Å². The van der Waals surface area contributed by atoms with Gasteiger partial charge in [-0.3, -0.25) is 4.79 Å². The van der Waals surface area contributed by atoms with E-state index in [0.29, 0.717) is 32.8 Å². The number of aromatic nitrogens is 1. The van der Waals surface area contributed by atoms with Crippen LogP contribution in [0.15, 0.2) is 57.7 Å². The van der Waals surface area contributed by atoms with E-state index >= 15 is 0 Å². The molecule has 0 aromatic heterocycles. The van der Waals surface area contributed by atoms with Crippen LogP contribution in [-0.2, 0) is 0 Å². The lowest BCUT2D eigenvalue weighted by molar-refractivity contribution is 0.448. The standard InChI is InChI=1S/C16H8ClNO2.BH2O2/c17-10-5-3-4-9-12(19)8-14-16(15(9)10)18-11-6-1-2-7-13(11)20-14;2-1-3/h1-8H;2-3H. The highest BCUT2D eigenvalue weighted by atomic mass is 35.5. The van der Waals surface area contributed by atoms with Crippen molar-refractivity contribution in [1.82, 2.24) is 4.98 Å². The van der Waals surface area contributed by atoms with Gasteiger partial charge in [0.1, 0.15) is 11.2 Å². The molecular weight excluding hydrogens is 316 g/mol. The molecule has 113 valence electrons. The molecule has 1 radical (unpaired) electrons. The zero-order valence-electron chi connectivity index (χ0n) is 11.7. The zero-order chi connectivity index (χ0) is 16.4. The second-order valence-corrected chi connectivity index (χ2v) is 5.09. The highest BCUT2D eigenvalue weighted by Crippen LogP contribution is 2.33. The van der Waals surface area contributed by atoms with Crippen molar-refractivity contribution in [3.05, 3.63) is 63.8 Å². The van der Waals surface area contributed by atoms with E-state index in [1.54, 1.807) is 18.2 Å². The summed E-state index contributed by atoms with van der Waals surface area (Å²) in [5.74, 6) is 0.453. The van der Waals surface area contributed by atoms with Crippen molar-refractivity contribution >= 4 is 41.2 Å². The number of para-hydroxylation sites is 2. The lowest BCUT2D eigenvalue weighted by Crippen LogP contribution is -2.04. The number of halogens is 1. The van der Waals surface area contributed by atoms with Crippen LogP contribution in [0, 0.1) is 0 Å². The lowest BCUT2D eigenvalue weighted by atomic mass is 10.0. The largest absolute Gasteiger partial charge is 0.482 e. The van der Waals surface area contributed by atoms with E-state index in [4.69, 9.17) is 26.1 Å². The molecule has 2 aromatic carbocycles. The number of benzene rings is 3. The fourth-order valence-electron chi connectivity index (χ4n) is 2.42. The molecule has 0 spiro atoms. The van der Waals surface area contributed by atoms with E-state index < -0.39 is 0 Å². The third-order valence-corrected chi connectivity index (χ3v) is 3.64. The summed E-state index contributed by atoms with van der Waals surface area (Å²) < 4.78 is 5.77. The van der Waals surface area contributed by atoms with Crippen LogP contribution < -0.4 is 5.43 Å². The summed E-state index contributed by atoms with van der Waals surface area (Å²) in [6.07, 6.45) is 0. The van der Waals surface area contributed by atoms with Gasteiger partial charge in [0.15, 0.2) is 16.8 Å². The molecule has 0 fully saturated rings. The predicted molar refractivity (Wildman–Crippen MR) is 89.6 cm³/mol. The van der Waals surface area contributed by atoms with Crippen LogP contribution in [0.5, 0.6) is 0 Å². The molecule has 0 amide bonds. The Bertz CT molecular complexity index is 1020. The molecule has 1 aliphatic heterocycles. The van der Waals surface area contributed by atoms with Crippen LogP contribution in [0.3, 0.4) is 0 Å². The first kappa shape index (κ1) is 15.5. The van der Waals surface area contributed by atoms with E-state index in [0.717, 1.165) is 5.52 Å². The zero-order valence-corrected chi connectivity index (χ0v) is 12.5. The molecule has 0 saturated heterocycles. The Morgan fingerprint density at radius 3 is 2.61 bits per heavy atom. The minimum atomic E-state index is -0.115. The van der Waals surface area contributed by atoms with Gasteiger partial charge in [-0.2, -0.15) is 0 Å². The van der Waals surface area contributed by atoms with Crippen molar-refractivity contribution in [3.63, 3.8) is 0 Å². The molecule has 4 rings (SSSR count). The second-order valence-electron chi connectivity index (χ2n) is 4.68. The van der Waals surface area contributed by atoms with E-state index in [2.05, 4.69) is 4.98 Å². The Hall–Kier alpha value is -2.41. The van der Waals surface area contributed by atoms with E-state index in [-0.39, 0.29) is 13.1 Å². The third kappa shape index (κ3) is 2.79. The summed E-state index contributed by atoms with van der Waals surface area (Å²) >= 11 is 6.24. The Morgan fingerprint density at radius 2 is 1.83 bits per heavy atom. The van der Waals surface area contributed by atoms with Crippen LogP contribution in [-0.4, -0.2) is 22.7 Å². The number of nitrogens with zero attached hydrogens (tertiary/aromatic N) is 1. The topological polar surface area (TPSA) is 83.6 Å². The molecule has 1 heterocycles. The number of rotatable bonds is 0. The Kier molecular flexibility index (Phi) is 4.29. The van der Waals surface area contributed by atoms with Crippen molar-refractivity contribution in [1.29, 1.82) is 0 Å². The molecule has 2 aliphatic rings. The molecule has 0 saturated carbocycles. The highest BCUT2D eigenvalue weighted by molar-refractivity contribution is 6.36. The fraction of sp³-hybridized carbons (Fsp3) is 0. The van der Waals surface area contributed by atoms with Gasteiger partial charge in [0.2, 0.25) is 0 Å². The van der Waals surface area contributed by atoms with Gasteiger partial charge in [0, 0.05) is 16.8 Å². The molecule has 5 nitrogen and oxygen atoms in total. The molecule has 7 heteroatoms. The first-order valence-electron chi connectivity index (χ1n) is 6.66. The summed E-state index contributed by atoms with van der Waals surface area (Å²) in [4.78, 5) is 16.7. The first-order valence-corrected chi connectivity index (χ1v) is 7.04. The molecule has 1 aliphatic carbocycles. The van der Waals surface area contributed by atoms with Gasteiger partial charge in [-0.15, -0.1) is 0 Å². The second kappa shape index (κ2) is 6.38. The average Bonchev–Trinajstić information content (AvgIpc) is 2.54. The molecular formula is C16H10BClNO4. The van der Waals surface area contributed by atoms with Gasteiger partial charge >= 0.3 is 7.69 Å². The molecule has 0 unspecified atom stereocenters. The normalized spacial score (nSPS) is 10.6. The van der Waals surface area contributed by atoms with Crippen molar-refractivity contribution < 1.29 is 14.5 Å². The predicted octanol–water partition coefficient (Wildman–Crippen LogP) is 2.60. The van der Waals surface area contributed by atoms with Gasteiger partial charge in [-0.25, -0.2) is 4.98 Å². The SMILES string of the molecule is O=c1cc2oc3ccccc3nc-2c2c(Cl)cccc12.O[B]O. The van der Waals surface area contributed by atoms with Gasteiger partial charge in [-0.1, -0.05) is 35.9 Å². The summed E-state index contributed by atoms with van der Waals surface area (Å²) in [6.45, 7) is 0. The van der Waals surface area contributed by atoms with E-state index in [9.17, 15) is 4.79 Å². The molecule has 0 atom stereocenters. The Morgan fingerprint density at radius 1 is 1.09 bits per heavy atom.